The number of hydrogen-bond donors (Lipinski definition) is 3. The number of nitrogens with two attached hydrogens (primary N) is 1. The summed E-state index contributed by atoms with van der Waals surface area (Å²) in [6.45, 7) is 0.228. The monoisotopic (exact) mass is 297 g/mol. The average Bonchev–Trinajstić information content (AvgIpc) is 2.49. The van der Waals surface area contributed by atoms with Crippen molar-refractivity contribution in [2.45, 2.75) is 12.6 Å². The Morgan fingerprint density at radius 1 is 1.38 bits per heavy atom. The fourth-order valence-corrected chi connectivity index (χ4v) is 1.46. The van der Waals surface area contributed by atoms with Crippen LogP contribution in [0.5, 0.6) is 5.75 Å². The zero-order chi connectivity index (χ0) is 15.8. The highest BCUT2D eigenvalue weighted by Crippen LogP contribution is 2.12. The molecule has 21 heavy (non-hydrogen) atoms. The van der Waals surface area contributed by atoms with Gasteiger partial charge in [-0.1, -0.05) is 12.1 Å². The molecule has 0 aliphatic rings. The molecule has 0 fully saturated rings. The molecule has 1 aromatic rings. The number of carbonyl (C=O) groups is 2. The Kier molecular flexibility index (Phi) is 6.44. The molecule has 0 saturated carbocycles. The van der Waals surface area contributed by atoms with Gasteiger partial charge in [0.25, 0.3) is 5.91 Å². The molecule has 0 aliphatic heterocycles. The maximum absolute atomic E-state index is 11.6. The topological polar surface area (TPSA) is 114 Å². The van der Waals surface area contributed by atoms with Crippen molar-refractivity contribution in [2.75, 3.05) is 20.8 Å². The van der Waals surface area contributed by atoms with Gasteiger partial charge in [0, 0.05) is 13.6 Å². The maximum Gasteiger partial charge on any atom is 0.404 e. The van der Waals surface area contributed by atoms with E-state index in [1.807, 2.05) is 0 Å². The standard InChI is InChI=1S/C13H19N3O5/c1-16(20-2)12(17)11(14)8-21-10-5-3-9(4-6-10)7-15-13(18)19/h3-6,11,15H,7-8,14H2,1-2H3,(H,18,19). The third kappa shape index (κ3) is 5.67. The van der Waals surface area contributed by atoms with Crippen LogP contribution in [0.2, 0.25) is 0 Å². The molecule has 0 saturated heterocycles. The predicted octanol–water partition coefficient (Wildman–Crippen LogP) is 0.180. The fraction of sp³-hybridized carbons (Fsp3) is 0.385. The molecule has 0 aromatic heterocycles. The molecule has 4 N–H and O–H groups in total. The lowest BCUT2D eigenvalue weighted by molar-refractivity contribution is -0.170. The molecule has 2 amide bonds. The van der Waals surface area contributed by atoms with Crippen LogP contribution in [0.4, 0.5) is 4.79 Å². The lowest BCUT2D eigenvalue weighted by atomic mass is 10.2. The van der Waals surface area contributed by atoms with E-state index in [0.29, 0.717) is 5.75 Å². The van der Waals surface area contributed by atoms with Crippen molar-refractivity contribution in [2.24, 2.45) is 5.73 Å². The molecule has 1 unspecified atom stereocenters. The molecule has 8 nitrogen and oxygen atoms in total. The van der Waals surface area contributed by atoms with Crippen LogP contribution in [0, 0.1) is 0 Å². The lowest BCUT2D eigenvalue weighted by Gasteiger charge is -2.18. The van der Waals surface area contributed by atoms with Gasteiger partial charge in [0.2, 0.25) is 0 Å². The summed E-state index contributed by atoms with van der Waals surface area (Å²) in [6.07, 6.45) is -1.08. The summed E-state index contributed by atoms with van der Waals surface area (Å²) >= 11 is 0. The number of nitrogens with one attached hydrogen (secondary N) is 1. The van der Waals surface area contributed by atoms with E-state index < -0.39 is 12.1 Å². The zero-order valence-corrected chi connectivity index (χ0v) is 11.9. The number of likely N-dealkylation sites (N-methyl/N-ethyl adjacent to an activating group) is 1. The highest BCUT2D eigenvalue weighted by molar-refractivity contribution is 5.80. The molecular formula is C13H19N3O5. The SMILES string of the molecule is CON(C)C(=O)C(N)COc1ccc(CNC(=O)O)cc1. The van der Waals surface area contributed by atoms with Gasteiger partial charge in [-0.2, -0.15) is 0 Å². The maximum atomic E-state index is 11.6. The Morgan fingerprint density at radius 2 is 2.00 bits per heavy atom. The number of benzene rings is 1. The Morgan fingerprint density at radius 3 is 2.52 bits per heavy atom. The van der Waals surface area contributed by atoms with Gasteiger partial charge in [-0.25, -0.2) is 9.86 Å². The Labute approximate surface area is 122 Å². The van der Waals surface area contributed by atoms with E-state index in [4.69, 9.17) is 20.4 Å². The Hall–Kier alpha value is -2.32. The highest BCUT2D eigenvalue weighted by Gasteiger charge is 2.18. The number of hydroxylamine groups is 2. The van der Waals surface area contributed by atoms with Crippen molar-refractivity contribution in [3.8, 4) is 5.75 Å². The third-order valence-electron chi connectivity index (χ3n) is 2.70. The predicted molar refractivity (Wildman–Crippen MR) is 74.6 cm³/mol. The van der Waals surface area contributed by atoms with E-state index in [-0.39, 0.29) is 19.1 Å². The second kappa shape index (κ2) is 8.08. The summed E-state index contributed by atoms with van der Waals surface area (Å²) in [4.78, 5) is 26.7. The minimum absolute atomic E-state index is 0.0132. The minimum Gasteiger partial charge on any atom is -0.491 e. The summed E-state index contributed by atoms with van der Waals surface area (Å²) < 4.78 is 5.40. The number of nitrogens with zero attached hydrogens (tertiary/aromatic N) is 1. The molecule has 1 aromatic carbocycles. The van der Waals surface area contributed by atoms with Crippen molar-refractivity contribution in [3.63, 3.8) is 0 Å². The van der Waals surface area contributed by atoms with Crippen LogP contribution in [-0.4, -0.2) is 49.0 Å². The van der Waals surface area contributed by atoms with Crippen molar-refractivity contribution >= 4 is 12.0 Å². The molecule has 8 heteroatoms. The van der Waals surface area contributed by atoms with Gasteiger partial charge in [-0.05, 0) is 17.7 Å². The van der Waals surface area contributed by atoms with E-state index in [2.05, 4.69) is 5.32 Å². The number of rotatable bonds is 7. The zero-order valence-electron chi connectivity index (χ0n) is 11.9. The van der Waals surface area contributed by atoms with E-state index in [1.54, 1.807) is 24.3 Å². The highest BCUT2D eigenvalue weighted by atomic mass is 16.7. The first kappa shape index (κ1) is 16.7. The first-order valence-electron chi connectivity index (χ1n) is 6.20. The molecular weight excluding hydrogens is 278 g/mol. The van der Waals surface area contributed by atoms with E-state index in [9.17, 15) is 9.59 Å². The largest absolute Gasteiger partial charge is 0.491 e. The van der Waals surface area contributed by atoms with Gasteiger partial charge >= 0.3 is 6.09 Å². The van der Waals surface area contributed by atoms with Gasteiger partial charge in [-0.3, -0.25) is 9.63 Å². The van der Waals surface area contributed by atoms with Crippen molar-refractivity contribution < 1.29 is 24.3 Å². The fourth-order valence-electron chi connectivity index (χ4n) is 1.46. The first-order valence-corrected chi connectivity index (χ1v) is 6.20. The lowest BCUT2D eigenvalue weighted by Crippen LogP contribution is -2.44. The molecule has 0 bridgehead atoms. The molecule has 0 spiro atoms. The number of hydrogen-bond acceptors (Lipinski definition) is 5. The van der Waals surface area contributed by atoms with Crippen LogP contribution in [0.15, 0.2) is 24.3 Å². The molecule has 0 radical (unpaired) electrons. The molecule has 116 valence electrons. The second-order valence-electron chi connectivity index (χ2n) is 4.24. The van der Waals surface area contributed by atoms with Gasteiger partial charge in [0.1, 0.15) is 18.4 Å². The Balaban J connectivity index is 2.45. The normalized spacial score (nSPS) is 11.6. The molecule has 1 rings (SSSR count). The molecule has 0 heterocycles. The molecule has 0 aliphatic carbocycles. The number of ether oxygens (including phenoxy) is 1. The van der Waals surface area contributed by atoms with Crippen LogP contribution < -0.4 is 15.8 Å². The van der Waals surface area contributed by atoms with Crippen LogP contribution in [-0.2, 0) is 16.2 Å². The average molecular weight is 297 g/mol. The first-order chi connectivity index (χ1) is 9.93. The van der Waals surface area contributed by atoms with Crippen molar-refractivity contribution in [1.82, 2.24) is 10.4 Å². The molecule has 1 atom stereocenters. The van der Waals surface area contributed by atoms with Gasteiger partial charge in [0.15, 0.2) is 0 Å². The second-order valence-corrected chi connectivity index (χ2v) is 4.24. The van der Waals surface area contributed by atoms with Crippen LogP contribution in [0.1, 0.15) is 5.56 Å². The van der Waals surface area contributed by atoms with E-state index in [0.717, 1.165) is 10.6 Å². The summed E-state index contributed by atoms with van der Waals surface area (Å²) in [6, 6.07) is 5.97. The van der Waals surface area contributed by atoms with Gasteiger partial charge < -0.3 is 20.9 Å². The smallest absolute Gasteiger partial charge is 0.404 e. The van der Waals surface area contributed by atoms with E-state index >= 15 is 0 Å². The van der Waals surface area contributed by atoms with Gasteiger partial charge in [0.05, 0.1) is 7.11 Å². The van der Waals surface area contributed by atoms with Crippen LogP contribution in [0.3, 0.4) is 0 Å². The number of amides is 2. The van der Waals surface area contributed by atoms with Crippen molar-refractivity contribution in [1.29, 1.82) is 0 Å². The summed E-state index contributed by atoms with van der Waals surface area (Å²) in [7, 11) is 2.84. The minimum atomic E-state index is -1.08. The van der Waals surface area contributed by atoms with Crippen LogP contribution in [0.25, 0.3) is 0 Å². The number of carboxylic acid groups (broad SMARTS) is 1. The summed E-state index contributed by atoms with van der Waals surface area (Å²) in [5.41, 5.74) is 6.48. The third-order valence-corrected chi connectivity index (χ3v) is 2.70. The summed E-state index contributed by atoms with van der Waals surface area (Å²) in [5, 5.41) is 11.8. The number of carbonyl (C=O) groups excluding carboxylic acids is 1. The quantitative estimate of drug-likeness (QED) is 0.619. The van der Waals surface area contributed by atoms with Gasteiger partial charge in [-0.15, -0.1) is 0 Å². The van der Waals surface area contributed by atoms with Crippen molar-refractivity contribution in [3.05, 3.63) is 29.8 Å². The van der Waals surface area contributed by atoms with E-state index in [1.165, 1.54) is 14.2 Å². The Bertz CT molecular complexity index is 477. The van der Waals surface area contributed by atoms with Crippen LogP contribution >= 0.6 is 0 Å². The summed E-state index contributed by atoms with van der Waals surface area (Å²) in [5.74, 6) is 0.150.